The number of aryl methyl sites for hydroxylation is 1. The molecule has 15 heavy (non-hydrogen) atoms. The smallest absolute Gasteiger partial charge is 0.358 e. The van der Waals surface area contributed by atoms with E-state index >= 15 is 0 Å². The zero-order valence-electron chi connectivity index (χ0n) is 8.10. The molecule has 0 aliphatic rings. The summed E-state index contributed by atoms with van der Waals surface area (Å²) in [5.74, 6) is 0.589. The molecule has 84 valence electrons. The molecule has 1 rings (SSSR count). The SMILES string of the molecule is O=[N+]([O-])c1nn(CCCCCS)cc1Cl. The molecule has 1 heterocycles. The van der Waals surface area contributed by atoms with Crippen LogP contribution in [0.3, 0.4) is 0 Å². The second-order valence-electron chi connectivity index (χ2n) is 3.11. The van der Waals surface area contributed by atoms with Crippen LogP contribution in [0.15, 0.2) is 6.20 Å². The first-order valence-electron chi connectivity index (χ1n) is 4.63. The summed E-state index contributed by atoms with van der Waals surface area (Å²) in [5, 5.41) is 14.3. The zero-order chi connectivity index (χ0) is 11.3. The van der Waals surface area contributed by atoms with Crippen LogP contribution in [0.25, 0.3) is 0 Å². The number of unbranched alkanes of at least 4 members (excludes halogenated alkanes) is 2. The number of nitrogens with zero attached hydrogens (tertiary/aromatic N) is 3. The highest BCUT2D eigenvalue weighted by Crippen LogP contribution is 2.21. The number of hydrogen-bond donors (Lipinski definition) is 1. The Hall–Kier alpha value is -0.750. The minimum absolute atomic E-state index is 0.0918. The number of hydrogen-bond acceptors (Lipinski definition) is 4. The van der Waals surface area contributed by atoms with E-state index in [1.165, 1.54) is 10.9 Å². The van der Waals surface area contributed by atoms with Crippen molar-refractivity contribution in [1.82, 2.24) is 9.78 Å². The number of aromatic nitrogens is 2. The van der Waals surface area contributed by atoms with Gasteiger partial charge in [0, 0.05) is 0 Å². The van der Waals surface area contributed by atoms with Gasteiger partial charge in [0.05, 0.1) is 17.8 Å². The van der Waals surface area contributed by atoms with Crippen molar-refractivity contribution in [3.8, 4) is 0 Å². The standard InChI is InChI=1S/C8H12ClN3O2S/c9-7-6-11(4-2-1-3-5-15)10-8(7)12(13)14/h6,15H,1-5H2. The Bertz CT molecular complexity index is 343. The molecule has 0 saturated heterocycles. The van der Waals surface area contributed by atoms with Gasteiger partial charge in [0.1, 0.15) is 0 Å². The molecule has 1 aromatic heterocycles. The van der Waals surface area contributed by atoms with Gasteiger partial charge in [-0.05, 0) is 23.5 Å². The van der Waals surface area contributed by atoms with E-state index in [2.05, 4.69) is 17.7 Å². The Morgan fingerprint density at radius 2 is 2.27 bits per heavy atom. The van der Waals surface area contributed by atoms with Crippen LogP contribution < -0.4 is 0 Å². The minimum atomic E-state index is -0.577. The van der Waals surface area contributed by atoms with Crippen LogP contribution in [-0.2, 0) is 6.54 Å². The molecule has 0 N–H and O–H groups in total. The predicted molar refractivity (Wildman–Crippen MR) is 61.6 cm³/mol. The molecule has 0 aliphatic heterocycles. The maximum atomic E-state index is 10.4. The summed E-state index contributed by atoms with van der Waals surface area (Å²) >= 11 is 9.74. The van der Waals surface area contributed by atoms with Gasteiger partial charge in [0.25, 0.3) is 0 Å². The molecule has 0 spiro atoms. The third-order valence-corrected chi connectivity index (χ3v) is 2.50. The van der Waals surface area contributed by atoms with Crippen molar-refractivity contribution in [2.24, 2.45) is 0 Å². The summed E-state index contributed by atoms with van der Waals surface area (Å²) in [6.45, 7) is 0.654. The molecule has 0 bridgehead atoms. The fourth-order valence-corrected chi connectivity index (χ4v) is 1.63. The molecule has 0 unspecified atom stereocenters. The zero-order valence-corrected chi connectivity index (χ0v) is 9.75. The van der Waals surface area contributed by atoms with Crippen LogP contribution in [0, 0.1) is 10.1 Å². The molecule has 0 saturated carbocycles. The average Bonchev–Trinajstić information content (AvgIpc) is 2.55. The van der Waals surface area contributed by atoms with E-state index in [9.17, 15) is 10.1 Å². The summed E-state index contributed by atoms with van der Waals surface area (Å²) in [7, 11) is 0. The van der Waals surface area contributed by atoms with Crippen molar-refractivity contribution in [3.63, 3.8) is 0 Å². The maximum absolute atomic E-state index is 10.4. The second kappa shape index (κ2) is 5.97. The van der Waals surface area contributed by atoms with Gasteiger partial charge in [0.2, 0.25) is 0 Å². The van der Waals surface area contributed by atoms with Crippen LogP contribution in [-0.4, -0.2) is 20.5 Å². The Balaban J connectivity index is 2.48. The van der Waals surface area contributed by atoms with Crippen molar-refractivity contribution < 1.29 is 4.92 Å². The lowest BCUT2D eigenvalue weighted by molar-refractivity contribution is -0.389. The molecule has 5 nitrogen and oxygen atoms in total. The Morgan fingerprint density at radius 3 is 2.80 bits per heavy atom. The molecule has 0 atom stereocenters. The van der Waals surface area contributed by atoms with Crippen LogP contribution >= 0.6 is 24.2 Å². The van der Waals surface area contributed by atoms with Crippen molar-refractivity contribution in [1.29, 1.82) is 0 Å². The van der Waals surface area contributed by atoms with E-state index in [-0.39, 0.29) is 10.8 Å². The van der Waals surface area contributed by atoms with E-state index in [4.69, 9.17) is 11.6 Å². The van der Waals surface area contributed by atoms with Gasteiger partial charge >= 0.3 is 5.82 Å². The van der Waals surface area contributed by atoms with Crippen molar-refractivity contribution in [2.45, 2.75) is 25.8 Å². The fourth-order valence-electron chi connectivity index (χ4n) is 1.19. The normalized spacial score (nSPS) is 10.5. The van der Waals surface area contributed by atoms with Gasteiger partial charge in [-0.2, -0.15) is 17.3 Å². The molecule has 1 aromatic rings. The van der Waals surface area contributed by atoms with Crippen molar-refractivity contribution >= 4 is 30.0 Å². The molecule has 0 aliphatic carbocycles. The molecule has 7 heteroatoms. The van der Waals surface area contributed by atoms with Gasteiger partial charge in [-0.1, -0.05) is 18.0 Å². The molecule has 0 aromatic carbocycles. The topological polar surface area (TPSA) is 61.0 Å². The highest BCUT2D eigenvalue weighted by molar-refractivity contribution is 7.80. The average molecular weight is 250 g/mol. The van der Waals surface area contributed by atoms with Gasteiger partial charge < -0.3 is 10.1 Å². The monoisotopic (exact) mass is 249 g/mol. The summed E-state index contributed by atoms with van der Waals surface area (Å²) in [5.41, 5.74) is 0. The van der Waals surface area contributed by atoms with Crippen molar-refractivity contribution in [2.75, 3.05) is 5.75 Å². The number of rotatable bonds is 6. The lowest BCUT2D eigenvalue weighted by Crippen LogP contribution is -1.99. The summed E-state index contributed by atoms with van der Waals surface area (Å²) < 4.78 is 1.51. The van der Waals surface area contributed by atoms with Gasteiger partial charge in [-0.3, -0.25) is 0 Å². The third kappa shape index (κ3) is 3.71. The summed E-state index contributed by atoms with van der Waals surface area (Å²) in [6.07, 6.45) is 4.49. The molecule has 0 amide bonds. The van der Waals surface area contributed by atoms with Gasteiger partial charge in [0.15, 0.2) is 5.02 Å². The van der Waals surface area contributed by atoms with E-state index in [0.717, 1.165) is 25.0 Å². The van der Waals surface area contributed by atoms with Gasteiger partial charge in [-0.25, -0.2) is 0 Å². The number of halogens is 1. The van der Waals surface area contributed by atoms with Crippen LogP contribution in [0.1, 0.15) is 19.3 Å². The highest BCUT2D eigenvalue weighted by Gasteiger charge is 2.18. The third-order valence-electron chi connectivity index (χ3n) is 1.92. The van der Waals surface area contributed by atoms with E-state index in [1.54, 1.807) is 0 Å². The maximum Gasteiger partial charge on any atom is 0.408 e. The van der Waals surface area contributed by atoms with Crippen molar-refractivity contribution in [3.05, 3.63) is 21.3 Å². The summed E-state index contributed by atoms with van der Waals surface area (Å²) in [6, 6.07) is 0. The van der Waals surface area contributed by atoms with E-state index < -0.39 is 4.92 Å². The first-order chi connectivity index (χ1) is 7.15. The quantitative estimate of drug-likeness (QED) is 0.365. The Morgan fingerprint density at radius 1 is 1.53 bits per heavy atom. The van der Waals surface area contributed by atoms with Crippen LogP contribution in [0.5, 0.6) is 0 Å². The highest BCUT2D eigenvalue weighted by atomic mass is 35.5. The Labute approximate surface area is 98.0 Å². The lowest BCUT2D eigenvalue weighted by atomic mass is 10.2. The van der Waals surface area contributed by atoms with Crippen LogP contribution in [0.2, 0.25) is 5.02 Å². The first kappa shape index (κ1) is 12.3. The van der Waals surface area contributed by atoms with Crippen LogP contribution in [0.4, 0.5) is 5.82 Å². The second-order valence-corrected chi connectivity index (χ2v) is 3.96. The predicted octanol–water partition coefficient (Wildman–Crippen LogP) is 2.54. The van der Waals surface area contributed by atoms with E-state index in [1.807, 2.05) is 0 Å². The molecular weight excluding hydrogens is 238 g/mol. The molecular formula is C8H12ClN3O2S. The number of thiol groups is 1. The summed E-state index contributed by atoms with van der Waals surface area (Å²) in [4.78, 5) is 9.87. The van der Waals surface area contributed by atoms with Gasteiger partial charge in [-0.15, -0.1) is 0 Å². The van der Waals surface area contributed by atoms with E-state index in [0.29, 0.717) is 6.54 Å². The largest absolute Gasteiger partial charge is 0.408 e. The first-order valence-corrected chi connectivity index (χ1v) is 5.64. The lowest BCUT2D eigenvalue weighted by Gasteiger charge is -1.95. The molecule has 0 radical (unpaired) electrons. The number of nitro groups is 1. The Kier molecular flexibility index (Phi) is 4.90. The molecule has 0 fully saturated rings. The minimum Gasteiger partial charge on any atom is -0.358 e. The fraction of sp³-hybridized carbons (Fsp3) is 0.625.